The third-order valence-electron chi connectivity index (χ3n) is 4.12. The van der Waals surface area contributed by atoms with Gasteiger partial charge in [0.25, 0.3) is 5.91 Å². The first-order valence-electron chi connectivity index (χ1n) is 7.60. The number of rotatable bonds is 2. The zero-order valence-electron chi connectivity index (χ0n) is 13.1. The summed E-state index contributed by atoms with van der Waals surface area (Å²) in [5.41, 5.74) is -0.225. The lowest BCUT2D eigenvalue weighted by Crippen LogP contribution is -2.41. The van der Waals surface area contributed by atoms with Crippen LogP contribution in [0.1, 0.15) is 40.9 Å². The normalized spacial score (nSPS) is 18.3. The van der Waals surface area contributed by atoms with Gasteiger partial charge < -0.3 is 4.90 Å². The second-order valence-corrected chi connectivity index (χ2v) is 5.80. The van der Waals surface area contributed by atoms with E-state index in [0.717, 1.165) is 24.7 Å². The summed E-state index contributed by atoms with van der Waals surface area (Å²) in [4.78, 5) is 18.4. The first-order chi connectivity index (χ1) is 11.0. The van der Waals surface area contributed by atoms with Crippen LogP contribution in [0.15, 0.2) is 18.2 Å². The minimum Gasteiger partial charge on any atom is -0.336 e. The maximum Gasteiger partial charge on any atom is 0.257 e. The number of hydrogen-bond acceptors (Lipinski definition) is 3. The van der Waals surface area contributed by atoms with Crippen molar-refractivity contribution < 1.29 is 13.6 Å². The Morgan fingerprint density at radius 3 is 2.78 bits per heavy atom. The fourth-order valence-corrected chi connectivity index (χ4v) is 3.06. The zero-order valence-corrected chi connectivity index (χ0v) is 13.1. The van der Waals surface area contributed by atoms with Crippen LogP contribution in [0.5, 0.6) is 0 Å². The Labute approximate surface area is 132 Å². The van der Waals surface area contributed by atoms with Gasteiger partial charge in [0.2, 0.25) is 0 Å². The lowest BCUT2D eigenvalue weighted by Gasteiger charge is -2.33. The van der Waals surface area contributed by atoms with Gasteiger partial charge >= 0.3 is 0 Å². The predicted octanol–water partition coefficient (Wildman–Crippen LogP) is 2.65. The van der Waals surface area contributed by atoms with E-state index in [1.54, 1.807) is 4.90 Å². The number of hydrogen-bond donors (Lipinski definition) is 0. The van der Waals surface area contributed by atoms with Gasteiger partial charge in [-0.2, -0.15) is 5.10 Å². The monoisotopic (exact) mass is 320 g/mol. The molecule has 2 heterocycles. The van der Waals surface area contributed by atoms with Gasteiger partial charge in [-0.05, 0) is 38.8 Å². The SMILES string of the molecule is Cc1nc(C)n([C@@H]2CCCN(C(=O)c3cccc(F)c3F)C2)n1. The number of carbonyl (C=O) groups is 1. The Morgan fingerprint density at radius 2 is 2.09 bits per heavy atom. The number of carbonyl (C=O) groups excluding carboxylic acids is 1. The van der Waals surface area contributed by atoms with Gasteiger partial charge in [0.1, 0.15) is 11.6 Å². The zero-order chi connectivity index (χ0) is 16.6. The molecule has 0 saturated carbocycles. The summed E-state index contributed by atoms with van der Waals surface area (Å²) in [5.74, 6) is -1.11. The van der Waals surface area contributed by atoms with Gasteiger partial charge in [-0.25, -0.2) is 18.4 Å². The number of amides is 1. The fourth-order valence-electron chi connectivity index (χ4n) is 3.06. The minimum atomic E-state index is -1.09. The Balaban J connectivity index is 1.82. The molecule has 3 rings (SSSR count). The van der Waals surface area contributed by atoms with Crippen LogP contribution >= 0.6 is 0 Å². The van der Waals surface area contributed by atoms with Crippen molar-refractivity contribution in [2.24, 2.45) is 0 Å². The molecule has 1 aliphatic rings. The molecule has 0 unspecified atom stereocenters. The van der Waals surface area contributed by atoms with Crippen molar-refractivity contribution in [1.29, 1.82) is 0 Å². The molecule has 0 bridgehead atoms. The molecule has 0 aliphatic carbocycles. The summed E-state index contributed by atoms with van der Waals surface area (Å²) >= 11 is 0. The number of halogens is 2. The number of aromatic nitrogens is 3. The molecule has 23 heavy (non-hydrogen) atoms. The van der Waals surface area contributed by atoms with Crippen LogP contribution in [0.25, 0.3) is 0 Å². The average molecular weight is 320 g/mol. The second-order valence-electron chi connectivity index (χ2n) is 5.80. The average Bonchev–Trinajstić information content (AvgIpc) is 2.88. The number of likely N-dealkylation sites (tertiary alicyclic amines) is 1. The highest BCUT2D eigenvalue weighted by molar-refractivity contribution is 5.94. The summed E-state index contributed by atoms with van der Waals surface area (Å²) in [6.07, 6.45) is 1.66. The first-order valence-corrected chi connectivity index (χ1v) is 7.60. The number of nitrogens with zero attached hydrogens (tertiary/aromatic N) is 4. The molecular formula is C16H18F2N4O. The van der Waals surface area contributed by atoms with Crippen molar-refractivity contribution in [2.45, 2.75) is 32.7 Å². The smallest absolute Gasteiger partial charge is 0.257 e. The van der Waals surface area contributed by atoms with Crippen LogP contribution in [-0.2, 0) is 0 Å². The van der Waals surface area contributed by atoms with Crippen LogP contribution in [0, 0.1) is 25.5 Å². The summed E-state index contributed by atoms with van der Waals surface area (Å²) in [5, 5.41) is 4.37. The van der Waals surface area contributed by atoms with E-state index in [1.165, 1.54) is 12.1 Å². The van der Waals surface area contributed by atoms with E-state index in [-0.39, 0.29) is 11.6 Å². The molecule has 1 saturated heterocycles. The lowest BCUT2D eigenvalue weighted by molar-refractivity contribution is 0.0665. The molecule has 2 aromatic rings. The van der Waals surface area contributed by atoms with E-state index in [0.29, 0.717) is 18.9 Å². The van der Waals surface area contributed by atoms with Crippen LogP contribution in [-0.4, -0.2) is 38.7 Å². The Hall–Kier alpha value is -2.31. The summed E-state index contributed by atoms with van der Waals surface area (Å²) in [6.45, 7) is 4.63. The maximum absolute atomic E-state index is 13.8. The molecule has 0 N–H and O–H groups in total. The number of piperidine rings is 1. The highest BCUT2D eigenvalue weighted by atomic mass is 19.2. The van der Waals surface area contributed by atoms with Gasteiger partial charge in [-0.1, -0.05) is 6.07 Å². The Bertz CT molecular complexity index is 744. The molecule has 1 fully saturated rings. The number of benzene rings is 1. The maximum atomic E-state index is 13.8. The van der Waals surface area contributed by atoms with Crippen molar-refractivity contribution in [3.8, 4) is 0 Å². The van der Waals surface area contributed by atoms with Crippen LogP contribution in [0.4, 0.5) is 8.78 Å². The molecule has 1 amide bonds. The van der Waals surface area contributed by atoms with Gasteiger partial charge in [0, 0.05) is 13.1 Å². The molecule has 0 spiro atoms. The Kier molecular flexibility index (Phi) is 4.11. The quantitative estimate of drug-likeness (QED) is 0.855. The predicted molar refractivity (Wildman–Crippen MR) is 80.0 cm³/mol. The summed E-state index contributed by atoms with van der Waals surface area (Å²) in [7, 11) is 0. The van der Waals surface area contributed by atoms with Crippen molar-refractivity contribution in [2.75, 3.05) is 13.1 Å². The first kappa shape index (κ1) is 15.6. The van der Waals surface area contributed by atoms with Gasteiger partial charge in [-0.3, -0.25) is 4.79 Å². The molecule has 5 nitrogen and oxygen atoms in total. The third kappa shape index (κ3) is 2.95. The van der Waals surface area contributed by atoms with E-state index in [2.05, 4.69) is 10.1 Å². The van der Waals surface area contributed by atoms with E-state index in [9.17, 15) is 13.6 Å². The van der Waals surface area contributed by atoms with Crippen molar-refractivity contribution in [3.05, 3.63) is 47.0 Å². The van der Waals surface area contributed by atoms with Crippen molar-refractivity contribution in [3.63, 3.8) is 0 Å². The highest BCUT2D eigenvalue weighted by Gasteiger charge is 2.29. The van der Waals surface area contributed by atoms with E-state index in [1.807, 2.05) is 18.5 Å². The molecule has 1 aromatic carbocycles. The fraction of sp³-hybridized carbons (Fsp3) is 0.438. The van der Waals surface area contributed by atoms with E-state index in [4.69, 9.17) is 0 Å². The summed E-state index contributed by atoms with van der Waals surface area (Å²) in [6, 6.07) is 3.67. The highest BCUT2D eigenvalue weighted by Crippen LogP contribution is 2.24. The number of aryl methyl sites for hydroxylation is 2. The van der Waals surface area contributed by atoms with E-state index >= 15 is 0 Å². The van der Waals surface area contributed by atoms with E-state index < -0.39 is 17.5 Å². The molecule has 1 aromatic heterocycles. The standard InChI is InChI=1S/C16H18F2N4O/c1-10-19-11(2)22(20-10)12-5-4-8-21(9-12)16(23)13-6-3-7-14(17)15(13)18/h3,6-7,12H,4-5,8-9H2,1-2H3/t12-/m1/s1. The van der Waals surface area contributed by atoms with Crippen LogP contribution < -0.4 is 0 Å². The van der Waals surface area contributed by atoms with Gasteiger partial charge in [-0.15, -0.1) is 0 Å². The molecule has 122 valence electrons. The van der Waals surface area contributed by atoms with Crippen LogP contribution in [0.3, 0.4) is 0 Å². The van der Waals surface area contributed by atoms with Crippen molar-refractivity contribution in [1.82, 2.24) is 19.7 Å². The van der Waals surface area contributed by atoms with Crippen molar-refractivity contribution >= 4 is 5.91 Å². The topological polar surface area (TPSA) is 51.0 Å². The van der Waals surface area contributed by atoms with Gasteiger partial charge in [0.15, 0.2) is 11.6 Å². The largest absolute Gasteiger partial charge is 0.336 e. The van der Waals surface area contributed by atoms with Crippen LogP contribution in [0.2, 0.25) is 0 Å². The molecule has 1 aliphatic heterocycles. The third-order valence-corrected chi connectivity index (χ3v) is 4.12. The van der Waals surface area contributed by atoms with Gasteiger partial charge in [0.05, 0.1) is 11.6 Å². The Morgan fingerprint density at radius 1 is 1.30 bits per heavy atom. The molecule has 7 heteroatoms. The second kappa shape index (κ2) is 6.06. The molecule has 1 atom stereocenters. The molecular weight excluding hydrogens is 302 g/mol. The summed E-state index contributed by atoms with van der Waals surface area (Å²) < 4.78 is 29.0. The minimum absolute atomic E-state index is 0.00511. The molecule has 0 radical (unpaired) electrons. The lowest BCUT2D eigenvalue weighted by atomic mass is 10.0.